The summed E-state index contributed by atoms with van der Waals surface area (Å²) in [7, 11) is 1.46. The summed E-state index contributed by atoms with van der Waals surface area (Å²) in [6.07, 6.45) is 2.89. The van der Waals surface area contributed by atoms with Crippen LogP contribution in [0.25, 0.3) is 0 Å². The van der Waals surface area contributed by atoms with E-state index < -0.39 is 0 Å². The van der Waals surface area contributed by atoms with E-state index in [0.717, 1.165) is 19.3 Å². The van der Waals surface area contributed by atoms with Crippen LogP contribution < -0.4 is 10.5 Å². The summed E-state index contributed by atoms with van der Waals surface area (Å²) in [6.45, 7) is 2.09. The third kappa shape index (κ3) is 3.65. The molecule has 1 rings (SSSR count). The van der Waals surface area contributed by atoms with Crippen LogP contribution in [0.2, 0.25) is 0 Å². The Morgan fingerprint density at radius 2 is 2.12 bits per heavy atom. The predicted molar refractivity (Wildman–Crippen MR) is 66.7 cm³/mol. The first-order chi connectivity index (χ1) is 7.20. The summed E-state index contributed by atoms with van der Waals surface area (Å²) in [5, 5.41) is 0. The Labute approximate surface area is 102 Å². The molecule has 0 spiro atoms. The van der Waals surface area contributed by atoms with Crippen molar-refractivity contribution in [3.8, 4) is 5.75 Å². The molecule has 0 bridgehead atoms. The van der Waals surface area contributed by atoms with Gasteiger partial charge < -0.3 is 10.5 Å². The number of ether oxygens (including phenoxy) is 1. The quantitative estimate of drug-likeness (QED) is 0.865. The van der Waals surface area contributed by atoms with Crippen molar-refractivity contribution in [2.45, 2.75) is 32.2 Å². The van der Waals surface area contributed by atoms with E-state index in [0.29, 0.717) is 5.56 Å². The third-order valence-corrected chi connectivity index (χ3v) is 2.48. The highest BCUT2D eigenvalue weighted by Gasteiger charge is 2.14. The van der Waals surface area contributed by atoms with E-state index in [1.807, 2.05) is 0 Å². The summed E-state index contributed by atoms with van der Waals surface area (Å²) in [5.74, 6) is -0.0666. The lowest BCUT2D eigenvalue weighted by atomic mass is 10.0. The van der Waals surface area contributed by atoms with Gasteiger partial charge in [0.1, 0.15) is 0 Å². The Morgan fingerprint density at radius 1 is 1.44 bits per heavy atom. The molecule has 0 heterocycles. The van der Waals surface area contributed by atoms with Crippen molar-refractivity contribution in [3.63, 3.8) is 0 Å². The number of methoxy groups -OCH3 is 1. The molecule has 1 atom stereocenters. The van der Waals surface area contributed by atoms with Gasteiger partial charge in [-0.25, -0.2) is 4.39 Å². The fourth-order valence-corrected chi connectivity index (χ4v) is 1.55. The van der Waals surface area contributed by atoms with Crippen LogP contribution in [0.4, 0.5) is 4.39 Å². The second-order valence-electron chi connectivity index (χ2n) is 3.61. The molecule has 2 nitrogen and oxygen atoms in total. The maximum Gasteiger partial charge on any atom is 0.169 e. The van der Waals surface area contributed by atoms with Crippen LogP contribution in [0.15, 0.2) is 18.2 Å². The lowest BCUT2D eigenvalue weighted by Crippen LogP contribution is -2.12. The topological polar surface area (TPSA) is 35.2 Å². The van der Waals surface area contributed by atoms with E-state index in [4.69, 9.17) is 10.5 Å². The van der Waals surface area contributed by atoms with Crippen molar-refractivity contribution in [2.24, 2.45) is 5.73 Å². The van der Waals surface area contributed by atoms with Gasteiger partial charge in [-0.2, -0.15) is 0 Å². The molecule has 0 amide bonds. The van der Waals surface area contributed by atoms with Gasteiger partial charge in [-0.15, -0.1) is 12.4 Å². The third-order valence-electron chi connectivity index (χ3n) is 2.48. The first-order valence-electron chi connectivity index (χ1n) is 5.28. The fraction of sp³-hybridized carbons (Fsp3) is 0.500. The average Bonchev–Trinajstić information content (AvgIpc) is 2.26. The van der Waals surface area contributed by atoms with Crippen LogP contribution in [-0.4, -0.2) is 7.11 Å². The summed E-state index contributed by atoms with van der Waals surface area (Å²) >= 11 is 0. The highest BCUT2D eigenvalue weighted by Crippen LogP contribution is 2.26. The van der Waals surface area contributed by atoms with Crippen molar-refractivity contribution in [1.29, 1.82) is 0 Å². The number of hydrogen-bond acceptors (Lipinski definition) is 2. The van der Waals surface area contributed by atoms with Gasteiger partial charge in [0.25, 0.3) is 0 Å². The molecule has 92 valence electrons. The lowest BCUT2D eigenvalue weighted by molar-refractivity contribution is 0.381. The molecule has 0 unspecified atom stereocenters. The van der Waals surface area contributed by atoms with Gasteiger partial charge in [0, 0.05) is 11.6 Å². The second kappa shape index (κ2) is 7.47. The molecule has 4 heteroatoms. The van der Waals surface area contributed by atoms with Crippen molar-refractivity contribution in [2.75, 3.05) is 7.11 Å². The second-order valence-corrected chi connectivity index (χ2v) is 3.61. The van der Waals surface area contributed by atoms with Crippen LogP contribution in [0.5, 0.6) is 5.75 Å². The predicted octanol–water partition coefficient (Wildman–Crippen LogP) is 3.45. The van der Waals surface area contributed by atoms with E-state index >= 15 is 0 Å². The molecule has 0 aromatic heterocycles. The van der Waals surface area contributed by atoms with Crippen LogP contribution in [0.3, 0.4) is 0 Å². The fourth-order valence-electron chi connectivity index (χ4n) is 1.55. The van der Waals surface area contributed by atoms with Crippen molar-refractivity contribution in [3.05, 3.63) is 29.6 Å². The smallest absolute Gasteiger partial charge is 0.169 e. The minimum absolute atomic E-state index is 0. The summed E-state index contributed by atoms with van der Waals surface area (Å²) in [6, 6.07) is 4.85. The van der Waals surface area contributed by atoms with E-state index in [9.17, 15) is 4.39 Å². The summed E-state index contributed by atoms with van der Waals surface area (Å²) in [4.78, 5) is 0. The van der Waals surface area contributed by atoms with E-state index in [1.54, 1.807) is 18.2 Å². The molecule has 1 aromatic carbocycles. The van der Waals surface area contributed by atoms with Crippen molar-refractivity contribution in [1.82, 2.24) is 0 Å². The largest absolute Gasteiger partial charge is 0.494 e. The molecule has 0 saturated carbocycles. The Morgan fingerprint density at radius 3 is 2.69 bits per heavy atom. The molecular weight excluding hydrogens is 229 g/mol. The maximum absolute atomic E-state index is 13.7. The number of rotatable bonds is 5. The molecule has 0 aliphatic rings. The van der Waals surface area contributed by atoms with Gasteiger partial charge in [0.2, 0.25) is 0 Å². The van der Waals surface area contributed by atoms with Crippen LogP contribution in [0.1, 0.15) is 37.8 Å². The van der Waals surface area contributed by atoms with Crippen molar-refractivity contribution < 1.29 is 9.13 Å². The molecule has 2 N–H and O–H groups in total. The number of nitrogens with two attached hydrogens (primary N) is 1. The molecule has 1 aromatic rings. The van der Waals surface area contributed by atoms with Gasteiger partial charge in [0.15, 0.2) is 11.6 Å². The molecule has 0 saturated heterocycles. The van der Waals surface area contributed by atoms with Crippen LogP contribution in [0, 0.1) is 5.82 Å². The van der Waals surface area contributed by atoms with Crippen LogP contribution in [-0.2, 0) is 0 Å². The maximum atomic E-state index is 13.7. The van der Waals surface area contributed by atoms with Gasteiger partial charge >= 0.3 is 0 Å². The van der Waals surface area contributed by atoms with Crippen LogP contribution >= 0.6 is 12.4 Å². The number of hydrogen-bond donors (Lipinski definition) is 1. The highest BCUT2D eigenvalue weighted by molar-refractivity contribution is 5.85. The molecule has 16 heavy (non-hydrogen) atoms. The van der Waals surface area contributed by atoms with Gasteiger partial charge in [-0.1, -0.05) is 31.9 Å². The standard InChI is InChI=1S/C12H18FNO.ClH/c1-3-4-7-10(14)9-6-5-8-11(15-2)12(9)13;/h5-6,8,10H,3-4,7,14H2,1-2H3;1H/t10-;/m1./s1. The molecule has 0 fully saturated rings. The SMILES string of the molecule is CCCC[C@@H](N)c1cccc(OC)c1F.Cl. The zero-order chi connectivity index (χ0) is 11.3. The minimum atomic E-state index is -0.330. The lowest BCUT2D eigenvalue weighted by Gasteiger charge is -2.13. The Hall–Kier alpha value is -0.800. The van der Waals surface area contributed by atoms with E-state index in [2.05, 4.69) is 6.92 Å². The number of benzene rings is 1. The summed E-state index contributed by atoms with van der Waals surface area (Å²) in [5.41, 5.74) is 6.45. The van der Waals surface area contributed by atoms with Gasteiger partial charge in [-0.05, 0) is 12.5 Å². The Kier molecular flexibility index (Phi) is 7.10. The molecule has 0 radical (unpaired) electrons. The Balaban J connectivity index is 0.00000225. The van der Waals surface area contributed by atoms with E-state index in [-0.39, 0.29) is 30.0 Å². The highest BCUT2D eigenvalue weighted by atomic mass is 35.5. The normalized spacial score (nSPS) is 11.8. The zero-order valence-corrected chi connectivity index (χ0v) is 10.5. The first-order valence-corrected chi connectivity index (χ1v) is 5.28. The average molecular weight is 248 g/mol. The first kappa shape index (κ1) is 15.2. The van der Waals surface area contributed by atoms with Gasteiger partial charge in [-0.3, -0.25) is 0 Å². The monoisotopic (exact) mass is 247 g/mol. The molecular formula is C12H19ClFNO. The zero-order valence-electron chi connectivity index (χ0n) is 9.70. The number of unbranched alkanes of at least 4 members (excludes halogenated alkanes) is 1. The van der Waals surface area contributed by atoms with E-state index in [1.165, 1.54) is 7.11 Å². The molecule has 0 aliphatic carbocycles. The van der Waals surface area contributed by atoms with Gasteiger partial charge in [0.05, 0.1) is 7.11 Å². The minimum Gasteiger partial charge on any atom is -0.494 e. The Bertz CT molecular complexity index is 320. The van der Waals surface area contributed by atoms with Crippen molar-refractivity contribution >= 4 is 12.4 Å². The molecule has 0 aliphatic heterocycles. The number of halogens is 2. The summed E-state index contributed by atoms with van der Waals surface area (Å²) < 4.78 is 18.7.